The van der Waals surface area contributed by atoms with Gasteiger partial charge in [0, 0.05) is 18.4 Å². The van der Waals surface area contributed by atoms with Crippen LogP contribution in [0, 0.1) is 11.3 Å². The quantitative estimate of drug-likeness (QED) is 0.629. The van der Waals surface area contributed by atoms with Crippen LogP contribution < -0.4 is 10.5 Å². The number of nitrogens with two attached hydrogens (primary N) is 1. The van der Waals surface area contributed by atoms with Gasteiger partial charge in [-0.15, -0.1) is 0 Å². The van der Waals surface area contributed by atoms with Gasteiger partial charge in [0.15, 0.2) is 5.78 Å². The predicted octanol–water partition coefficient (Wildman–Crippen LogP) is 5.06. The van der Waals surface area contributed by atoms with Crippen LogP contribution in [-0.2, 0) is 9.53 Å². The Morgan fingerprint density at radius 1 is 1.12 bits per heavy atom. The first-order chi connectivity index (χ1) is 18.5. The molecule has 0 saturated carbocycles. The van der Waals surface area contributed by atoms with Crippen LogP contribution in [0.2, 0.25) is 0 Å². The van der Waals surface area contributed by atoms with Crippen LogP contribution in [0.4, 0.5) is 0 Å². The largest absolute Gasteiger partial charge is 0.497 e. The summed E-state index contributed by atoms with van der Waals surface area (Å²) in [5.41, 5.74) is 7.17. The zero-order chi connectivity index (χ0) is 28.3. The number of ketones is 1. The van der Waals surface area contributed by atoms with Gasteiger partial charge in [-0.05, 0) is 39.9 Å². The van der Waals surface area contributed by atoms with E-state index in [4.69, 9.17) is 24.8 Å². The maximum Gasteiger partial charge on any atom is 0.205 e. The van der Waals surface area contributed by atoms with Crippen molar-refractivity contribution in [3.05, 3.63) is 100 Å². The molecule has 2 N–H and O–H groups in total. The second-order valence-electron chi connectivity index (χ2n) is 7.60. The van der Waals surface area contributed by atoms with E-state index in [1.807, 2.05) is 0 Å². The van der Waals surface area contributed by atoms with Crippen LogP contribution in [0.3, 0.4) is 0 Å². The van der Waals surface area contributed by atoms with Crippen molar-refractivity contribution in [1.82, 2.24) is 0 Å². The second-order valence-corrected chi connectivity index (χ2v) is 7.60. The van der Waals surface area contributed by atoms with Crippen molar-refractivity contribution in [2.24, 2.45) is 5.73 Å². The number of ether oxygens (including phenoxy) is 2. The third-order valence-electron chi connectivity index (χ3n) is 5.86. The first kappa shape index (κ1) is 13.4. The van der Waals surface area contributed by atoms with Gasteiger partial charge in [0.25, 0.3) is 0 Å². The van der Waals surface area contributed by atoms with E-state index in [2.05, 4.69) is 6.07 Å². The summed E-state index contributed by atoms with van der Waals surface area (Å²) in [5, 5.41) is 9.63. The molecule has 3 aromatic rings. The molecule has 0 amide bonds. The molecule has 3 aromatic carbocycles. The van der Waals surface area contributed by atoms with Gasteiger partial charge in [-0.25, -0.2) is 0 Å². The highest BCUT2D eigenvalue weighted by molar-refractivity contribution is 6.00. The molecule has 0 fully saturated rings. The second kappa shape index (κ2) is 7.90. The van der Waals surface area contributed by atoms with Crippen molar-refractivity contribution in [2.75, 3.05) is 7.11 Å². The van der Waals surface area contributed by atoms with Crippen LogP contribution in [0.15, 0.2) is 89.4 Å². The summed E-state index contributed by atoms with van der Waals surface area (Å²) < 4.78 is 69.3. The maximum absolute atomic E-state index is 13.7. The van der Waals surface area contributed by atoms with Crippen molar-refractivity contribution < 1.29 is 23.9 Å². The predicted molar refractivity (Wildman–Crippen MR) is 122 cm³/mol. The number of hydrogen-bond acceptors (Lipinski definition) is 5. The van der Waals surface area contributed by atoms with Crippen molar-refractivity contribution in [1.29, 1.82) is 5.26 Å². The minimum absolute atomic E-state index is 0.0354. The Kier molecular flexibility index (Phi) is 3.30. The van der Waals surface area contributed by atoms with Gasteiger partial charge in [-0.1, -0.05) is 54.4 Å². The summed E-state index contributed by atoms with van der Waals surface area (Å²) in [6.45, 7) is 0. The van der Waals surface area contributed by atoms with Gasteiger partial charge in [-0.2, -0.15) is 5.26 Å². The van der Waals surface area contributed by atoms with Gasteiger partial charge >= 0.3 is 0 Å². The highest BCUT2D eigenvalue weighted by Gasteiger charge is 2.41. The normalized spacial score (nSPS) is 23.6. The first-order valence-electron chi connectivity index (χ1n) is 13.5. The average molecular weight is 430 g/mol. The molecule has 5 nitrogen and oxygen atoms in total. The smallest absolute Gasteiger partial charge is 0.205 e. The molecule has 5 rings (SSSR count). The number of fused-ring (bicyclic) bond motifs is 1. The number of rotatable bonds is 3. The SMILES string of the molecule is [2H]c1c([2H])c([2H])c2c(C3CC(=O)C4=C(C3)OC(N)=C(C#N)C4c3ccc(OC)cc3)c([2H])c([2H])c([2H])c2c1[2H]. The Morgan fingerprint density at radius 2 is 1.88 bits per heavy atom. The van der Waals surface area contributed by atoms with Gasteiger partial charge in [-0.3, -0.25) is 4.79 Å². The van der Waals surface area contributed by atoms with Crippen LogP contribution in [0.5, 0.6) is 5.75 Å². The number of carbonyl (C=O) groups is 1. The Bertz CT molecular complexity index is 1680. The molecule has 5 heteroatoms. The van der Waals surface area contributed by atoms with Gasteiger partial charge in [0.05, 0.1) is 22.6 Å². The summed E-state index contributed by atoms with van der Waals surface area (Å²) in [6, 6.07) is 5.55. The third-order valence-corrected chi connectivity index (χ3v) is 5.86. The molecule has 0 aromatic heterocycles. The monoisotopic (exact) mass is 429 g/mol. The van der Waals surface area contributed by atoms with E-state index >= 15 is 0 Å². The fourth-order valence-electron chi connectivity index (χ4n) is 4.38. The van der Waals surface area contributed by atoms with Gasteiger partial charge in [0.1, 0.15) is 23.2 Å². The zero-order valence-electron chi connectivity index (χ0n) is 24.1. The molecule has 2 aliphatic rings. The average Bonchev–Trinajstić information content (AvgIpc) is 2.92. The maximum atomic E-state index is 13.7. The number of allylic oxidation sites excluding steroid dienone is 3. The van der Waals surface area contributed by atoms with Crippen LogP contribution in [0.1, 0.15) is 45.4 Å². The highest BCUT2D eigenvalue weighted by atomic mass is 16.5. The fraction of sp³-hybridized carbons (Fsp3) is 0.185. The van der Waals surface area contributed by atoms with Gasteiger partial charge in [0.2, 0.25) is 5.88 Å². The molecular formula is C27H22N2O3. The summed E-state index contributed by atoms with van der Waals surface area (Å²) >= 11 is 0. The minimum atomic E-state index is -0.789. The number of nitriles is 1. The van der Waals surface area contributed by atoms with E-state index in [0.29, 0.717) is 11.3 Å². The third kappa shape index (κ3) is 3.21. The Balaban J connectivity index is 1.71. The Morgan fingerprint density at radius 3 is 2.62 bits per heavy atom. The number of nitrogens with zero attached hydrogens (tertiary/aromatic N) is 1. The molecule has 0 radical (unpaired) electrons. The van der Waals surface area contributed by atoms with E-state index in [1.54, 1.807) is 24.3 Å². The first-order valence-corrected chi connectivity index (χ1v) is 9.99. The van der Waals surface area contributed by atoms with E-state index in [9.17, 15) is 10.1 Å². The van der Waals surface area contributed by atoms with Crippen LogP contribution in [0.25, 0.3) is 10.8 Å². The highest BCUT2D eigenvalue weighted by Crippen LogP contribution is 2.47. The molecule has 2 unspecified atom stereocenters. The molecule has 0 saturated heterocycles. The molecule has 158 valence electrons. The molecule has 1 heterocycles. The summed E-state index contributed by atoms with van der Waals surface area (Å²) in [7, 11) is 1.52. The molecular weight excluding hydrogens is 400 g/mol. The van der Waals surface area contributed by atoms with E-state index in [-0.39, 0.29) is 63.8 Å². The zero-order valence-corrected chi connectivity index (χ0v) is 17.1. The summed E-state index contributed by atoms with van der Waals surface area (Å²) in [6.07, 6.45) is -0.123. The lowest BCUT2D eigenvalue weighted by atomic mass is 9.73. The van der Waals surface area contributed by atoms with Crippen molar-refractivity contribution in [3.63, 3.8) is 0 Å². The number of carbonyl (C=O) groups excluding carboxylic acids is 1. The molecule has 1 aliphatic carbocycles. The number of hydrogen-bond donors (Lipinski definition) is 1. The molecule has 32 heavy (non-hydrogen) atoms. The van der Waals surface area contributed by atoms with Crippen molar-refractivity contribution in [2.45, 2.75) is 24.7 Å². The number of Topliss-reactive ketones (excluding diaryl/α,β-unsaturated/α-hetero) is 1. The van der Waals surface area contributed by atoms with Crippen LogP contribution >= 0.6 is 0 Å². The molecule has 2 atom stereocenters. The van der Waals surface area contributed by atoms with Gasteiger partial charge < -0.3 is 15.2 Å². The summed E-state index contributed by atoms with van der Waals surface area (Å²) in [4.78, 5) is 13.7. The molecule has 0 spiro atoms. The lowest BCUT2D eigenvalue weighted by Crippen LogP contribution is -2.29. The summed E-state index contributed by atoms with van der Waals surface area (Å²) in [5.74, 6) is -1.32. The number of methoxy groups -OCH3 is 1. The standard InChI is InChI=1S/C27H22N2O3/c1-31-19-11-9-17(10-12-19)25-22(15-28)27(29)32-24-14-18(13-23(30)26(24)25)21-8-4-6-16-5-2-3-7-20(16)21/h2-12,18,25H,13-14,29H2,1H3/i2D,3D,4D,5D,6D,7D,8D. The molecule has 1 aliphatic heterocycles. The topological polar surface area (TPSA) is 85.3 Å². The van der Waals surface area contributed by atoms with Crippen molar-refractivity contribution >= 4 is 16.6 Å². The van der Waals surface area contributed by atoms with E-state index in [1.165, 1.54) is 7.11 Å². The van der Waals surface area contributed by atoms with E-state index < -0.39 is 48.1 Å². The fourth-order valence-corrected chi connectivity index (χ4v) is 4.38. The lowest BCUT2D eigenvalue weighted by molar-refractivity contribution is -0.117. The number of benzene rings is 3. The van der Waals surface area contributed by atoms with E-state index in [0.717, 1.165) is 0 Å². The molecule has 0 bridgehead atoms. The van der Waals surface area contributed by atoms with Crippen LogP contribution in [-0.4, -0.2) is 12.9 Å². The lowest BCUT2D eigenvalue weighted by Gasteiger charge is -2.34. The Hall–Kier alpha value is -4.04. The Labute approximate surface area is 196 Å². The minimum Gasteiger partial charge on any atom is -0.497 e. The van der Waals surface area contributed by atoms with Crippen molar-refractivity contribution in [3.8, 4) is 11.8 Å².